The van der Waals surface area contributed by atoms with E-state index in [1.54, 1.807) is 11.3 Å². The van der Waals surface area contributed by atoms with Gasteiger partial charge in [-0.3, -0.25) is 0 Å². The van der Waals surface area contributed by atoms with Crippen molar-refractivity contribution in [1.29, 1.82) is 0 Å². The average Bonchev–Trinajstić information content (AvgIpc) is 2.89. The van der Waals surface area contributed by atoms with Gasteiger partial charge in [0.25, 0.3) is 0 Å². The summed E-state index contributed by atoms with van der Waals surface area (Å²) in [4.78, 5) is 4.22. The van der Waals surface area contributed by atoms with Gasteiger partial charge in [0.15, 0.2) is 0 Å². The van der Waals surface area contributed by atoms with Gasteiger partial charge in [-0.25, -0.2) is 4.98 Å². The Kier molecular flexibility index (Phi) is 4.41. The Bertz CT molecular complexity index is 485. The third-order valence-corrected chi connectivity index (χ3v) is 3.11. The average molecular weight is 263 g/mol. The van der Waals surface area contributed by atoms with Crippen molar-refractivity contribution in [3.63, 3.8) is 0 Å². The van der Waals surface area contributed by atoms with Gasteiger partial charge in [-0.1, -0.05) is 13.0 Å². The van der Waals surface area contributed by atoms with Crippen molar-refractivity contribution in [2.75, 3.05) is 17.7 Å². The predicted molar refractivity (Wildman–Crippen MR) is 76.1 cm³/mol. The smallest absolute Gasteiger partial charge is 0.144 e. The van der Waals surface area contributed by atoms with Crippen LogP contribution in [0.3, 0.4) is 0 Å². The Labute approximate surface area is 111 Å². The molecule has 0 radical (unpaired) electrons. The second kappa shape index (κ2) is 6.26. The Morgan fingerprint density at radius 2 is 2.33 bits per heavy atom. The van der Waals surface area contributed by atoms with Gasteiger partial charge in [-0.05, 0) is 18.6 Å². The molecule has 96 valence electrons. The molecule has 2 aromatic rings. The number of thiazole rings is 1. The maximum atomic E-state index is 6.06. The number of nitrogens with two attached hydrogens (primary N) is 1. The first-order valence-corrected chi connectivity index (χ1v) is 6.87. The van der Waals surface area contributed by atoms with Crippen LogP contribution in [0.1, 0.15) is 19.0 Å². The van der Waals surface area contributed by atoms with Gasteiger partial charge in [0.05, 0.1) is 35.7 Å². The van der Waals surface area contributed by atoms with E-state index in [0.717, 1.165) is 23.6 Å². The van der Waals surface area contributed by atoms with E-state index >= 15 is 0 Å². The first kappa shape index (κ1) is 12.7. The van der Waals surface area contributed by atoms with Crippen LogP contribution in [0.5, 0.6) is 5.75 Å². The standard InChI is InChI=1S/C13H17N3OS/c1-2-6-17-12-5-3-4-11(13(12)14)15-7-10-8-18-9-16-10/h3-5,8-9,15H,2,6-7,14H2,1H3. The summed E-state index contributed by atoms with van der Waals surface area (Å²) in [6.07, 6.45) is 0.968. The fraction of sp³-hybridized carbons (Fsp3) is 0.308. The van der Waals surface area contributed by atoms with Gasteiger partial charge in [0, 0.05) is 5.38 Å². The van der Waals surface area contributed by atoms with Crippen LogP contribution in [0, 0.1) is 0 Å². The molecular weight excluding hydrogens is 246 g/mol. The van der Waals surface area contributed by atoms with Crippen LogP contribution >= 0.6 is 11.3 Å². The maximum absolute atomic E-state index is 6.06. The van der Waals surface area contributed by atoms with E-state index in [9.17, 15) is 0 Å². The lowest BCUT2D eigenvalue weighted by Crippen LogP contribution is -2.05. The second-order valence-electron chi connectivity index (χ2n) is 3.90. The summed E-state index contributed by atoms with van der Waals surface area (Å²) in [5.74, 6) is 0.736. The third kappa shape index (κ3) is 3.13. The van der Waals surface area contributed by atoms with E-state index in [1.165, 1.54) is 0 Å². The summed E-state index contributed by atoms with van der Waals surface area (Å²) in [6, 6.07) is 5.77. The number of nitrogen functional groups attached to an aromatic ring is 1. The molecule has 0 aliphatic heterocycles. The number of hydrogen-bond acceptors (Lipinski definition) is 5. The first-order valence-electron chi connectivity index (χ1n) is 5.93. The highest BCUT2D eigenvalue weighted by molar-refractivity contribution is 7.07. The molecule has 0 saturated heterocycles. The van der Waals surface area contributed by atoms with Crippen molar-refractivity contribution in [2.45, 2.75) is 19.9 Å². The lowest BCUT2D eigenvalue weighted by atomic mass is 10.2. The van der Waals surface area contributed by atoms with Gasteiger partial charge in [-0.15, -0.1) is 11.3 Å². The zero-order valence-corrected chi connectivity index (χ0v) is 11.2. The highest BCUT2D eigenvalue weighted by atomic mass is 32.1. The van der Waals surface area contributed by atoms with E-state index in [4.69, 9.17) is 10.5 Å². The molecule has 0 atom stereocenters. The number of nitrogens with zero attached hydrogens (tertiary/aromatic N) is 1. The summed E-state index contributed by atoms with van der Waals surface area (Å²) in [5, 5.41) is 5.29. The van der Waals surface area contributed by atoms with Gasteiger partial charge >= 0.3 is 0 Å². The summed E-state index contributed by atoms with van der Waals surface area (Å²) in [6.45, 7) is 3.42. The van der Waals surface area contributed by atoms with Crippen LogP contribution in [0.25, 0.3) is 0 Å². The van der Waals surface area contributed by atoms with Crippen molar-refractivity contribution in [1.82, 2.24) is 4.98 Å². The highest BCUT2D eigenvalue weighted by Crippen LogP contribution is 2.29. The van der Waals surface area contributed by atoms with E-state index < -0.39 is 0 Å². The van der Waals surface area contributed by atoms with Crippen LogP contribution in [-0.2, 0) is 6.54 Å². The molecule has 1 heterocycles. The van der Waals surface area contributed by atoms with Crippen molar-refractivity contribution in [2.24, 2.45) is 0 Å². The van der Waals surface area contributed by atoms with Crippen molar-refractivity contribution < 1.29 is 4.74 Å². The summed E-state index contributed by atoms with van der Waals surface area (Å²) in [7, 11) is 0. The monoisotopic (exact) mass is 263 g/mol. The number of aromatic nitrogens is 1. The molecule has 0 fully saturated rings. The summed E-state index contributed by atoms with van der Waals surface area (Å²) >= 11 is 1.59. The largest absolute Gasteiger partial charge is 0.491 e. The second-order valence-corrected chi connectivity index (χ2v) is 4.62. The fourth-order valence-corrected chi connectivity index (χ4v) is 2.11. The van der Waals surface area contributed by atoms with Crippen molar-refractivity contribution in [3.05, 3.63) is 34.8 Å². The van der Waals surface area contributed by atoms with Gasteiger partial charge in [0.1, 0.15) is 5.75 Å². The molecule has 4 nitrogen and oxygen atoms in total. The lowest BCUT2D eigenvalue weighted by Gasteiger charge is -2.12. The van der Waals surface area contributed by atoms with E-state index in [0.29, 0.717) is 18.8 Å². The Morgan fingerprint density at radius 3 is 3.06 bits per heavy atom. The van der Waals surface area contributed by atoms with Crippen molar-refractivity contribution >= 4 is 22.7 Å². The van der Waals surface area contributed by atoms with Crippen LogP contribution in [-0.4, -0.2) is 11.6 Å². The van der Waals surface area contributed by atoms with Gasteiger partial charge < -0.3 is 15.8 Å². The Balaban J connectivity index is 2.03. The molecule has 0 aliphatic carbocycles. The molecule has 0 amide bonds. The number of para-hydroxylation sites is 1. The zero-order chi connectivity index (χ0) is 12.8. The molecule has 1 aromatic carbocycles. The van der Waals surface area contributed by atoms with Crippen LogP contribution in [0.2, 0.25) is 0 Å². The molecular formula is C13H17N3OS. The number of anilines is 2. The molecule has 5 heteroatoms. The summed E-state index contributed by atoms with van der Waals surface area (Å²) in [5.41, 5.74) is 10.4. The maximum Gasteiger partial charge on any atom is 0.144 e. The molecule has 3 N–H and O–H groups in total. The molecule has 18 heavy (non-hydrogen) atoms. The molecule has 0 unspecified atom stereocenters. The lowest BCUT2D eigenvalue weighted by molar-refractivity contribution is 0.319. The molecule has 0 aliphatic rings. The number of hydrogen-bond donors (Lipinski definition) is 2. The number of nitrogens with one attached hydrogen (secondary N) is 1. The van der Waals surface area contributed by atoms with Crippen molar-refractivity contribution in [3.8, 4) is 5.75 Å². The van der Waals surface area contributed by atoms with Crippen LogP contribution < -0.4 is 15.8 Å². The third-order valence-electron chi connectivity index (χ3n) is 2.47. The number of ether oxygens (including phenoxy) is 1. The SMILES string of the molecule is CCCOc1cccc(NCc2cscn2)c1N. The molecule has 0 saturated carbocycles. The molecule has 2 rings (SSSR count). The Hall–Kier alpha value is -1.75. The van der Waals surface area contributed by atoms with Crippen LogP contribution in [0.15, 0.2) is 29.1 Å². The zero-order valence-electron chi connectivity index (χ0n) is 10.3. The minimum Gasteiger partial charge on any atom is -0.491 e. The van der Waals surface area contributed by atoms with Crippen LogP contribution in [0.4, 0.5) is 11.4 Å². The first-order chi connectivity index (χ1) is 8.81. The fourth-order valence-electron chi connectivity index (χ4n) is 1.55. The minimum absolute atomic E-state index is 0.654. The topological polar surface area (TPSA) is 60.2 Å². The van der Waals surface area contributed by atoms with E-state index in [-0.39, 0.29) is 0 Å². The molecule has 1 aromatic heterocycles. The Morgan fingerprint density at radius 1 is 1.44 bits per heavy atom. The predicted octanol–water partition coefficient (Wildman–Crippen LogP) is 3.13. The number of benzene rings is 1. The number of rotatable bonds is 6. The summed E-state index contributed by atoms with van der Waals surface area (Å²) < 4.78 is 5.59. The normalized spacial score (nSPS) is 10.3. The minimum atomic E-state index is 0.654. The highest BCUT2D eigenvalue weighted by Gasteiger charge is 2.05. The molecule has 0 bridgehead atoms. The van der Waals surface area contributed by atoms with E-state index in [2.05, 4.69) is 17.2 Å². The quantitative estimate of drug-likeness (QED) is 0.786. The van der Waals surface area contributed by atoms with Gasteiger partial charge in [0.2, 0.25) is 0 Å². The van der Waals surface area contributed by atoms with Gasteiger partial charge in [-0.2, -0.15) is 0 Å². The molecule has 0 spiro atoms. The van der Waals surface area contributed by atoms with E-state index in [1.807, 2.05) is 29.1 Å².